The summed E-state index contributed by atoms with van der Waals surface area (Å²) >= 11 is 0. The highest BCUT2D eigenvalue weighted by molar-refractivity contribution is 5.93. The molecule has 0 unspecified atom stereocenters. The van der Waals surface area contributed by atoms with Gasteiger partial charge in [-0.2, -0.15) is 5.10 Å². The zero-order valence-electron chi connectivity index (χ0n) is 10.5. The highest BCUT2D eigenvalue weighted by atomic mass is 19.1. The van der Waals surface area contributed by atoms with E-state index in [1.807, 2.05) is 0 Å². The largest absolute Gasteiger partial charge is 0.348 e. The first-order valence-corrected chi connectivity index (χ1v) is 5.87. The Hall–Kier alpha value is -2.21. The smallest absolute Gasteiger partial charge is 0.254 e. The number of hydrogen-bond donors (Lipinski definition) is 3. The summed E-state index contributed by atoms with van der Waals surface area (Å²) in [6.07, 6.45) is 2.93. The standard InChI is InChI=1S/C13H15FN4O/c1-8-10(3-2-9(4-15)12(8)14)5-16-13(19)11-6-17-18-7-11/h2-3,6-7H,4-5,15H2,1H3,(H,16,19)(H,17,18). The molecule has 4 N–H and O–H groups in total. The minimum absolute atomic E-state index is 0.161. The highest BCUT2D eigenvalue weighted by Crippen LogP contribution is 2.16. The maximum absolute atomic E-state index is 13.9. The van der Waals surface area contributed by atoms with Crippen LogP contribution in [0.4, 0.5) is 4.39 Å². The summed E-state index contributed by atoms with van der Waals surface area (Å²) in [4.78, 5) is 11.7. The van der Waals surface area contributed by atoms with E-state index in [4.69, 9.17) is 5.73 Å². The Bertz CT molecular complexity index is 581. The van der Waals surface area contributed by atoms with E-state index in [0.717, 1.165) is 5.56 Å². The van der Waals surface area contributed by atoms with Crippen molar-refractivity contribution in [3.63, 3.8) is 0 Å². The highest BCUT2D eigenvalue weighted by Gasteiger charge is 2.11. The van der Waals surface area contributed by atoms with Gasteiger partial charge in [0.2, 0.25) is 0 Å². The third-order valence-electron chi connectivity index (χ3n) is 3.00. The van der Waals surface area contributed by atoms with Gasteiger partial charge in [0.1, 0.15) is 5.82 Å². The molecule has 0 atom stereocenters. The fourth-order valence-electron chi connectivity index (χ4n) is 1.78. The second-order valence-corrected chi connectivity index (χ2v) is 4.20. The number of halogens is 1. The van der Waals surface area contributed by atoms with Crippen LogP contribution in [0.5, 0.6) is 0 Å². The fraction of sp³-hybridized carbons (Fsp3) is 0.231. The van der Waals surface area contributed by atoms with Crippen LogP contribution in [0.15, 0.2) is 24.5 Å². The van der Waals surface area contributed by atoms with E-state index in [9.17, 15) is 9.18 Å². The minimum Gasteiger partial charge on any atom is -0.348 e. The van der Waals surface area contributed by atoms with Gasteiger partial charge in [0, 0.05) is 24.8 Å². The van der Waals surface area contributed by atoms with Crippen LogP contribution < -0.4 is 11.1 Å². The van der Waals surface area contributed by atoms with E-state index in [1.54, 1.807) is 19.1 Å². The summed E-state index contributed by atoms with van der Waals surface area (Å²) < 4.78 is 13.9. The summed E-state index contributed by atoms with van der Waals surface area (Å²) in [7, 11) is 0. The van der Waals surface area contributed by atoms with Crippen LogP contribution in [0.3, 0.4) is 0 Å². The Morgan fingerprint density at radius 2 is 2.21 bits per heavy atom. The predicted molar refractivity (Wildman–Crippen MR) is 68.8 cm³/mol. The van der Waals surface area contributed by atoms with Crippen molar-refractivity contribution in [1.82, 2.24) is 15.5 Å². The first-order chi connectivity index (χ1) is 9.13. The van der Waals surface area contributed by atoms with Crippen LogP contribution in [0.25, 0.3) is 0 Å². The zero-order valence-corrected chi connectivity index (χ0v) is 10.5. The maximum atomic E-state index is 13.9. The van der Waals surface area contributed by atoms with Crippen molar-refractivity contribution in [1.29, 1.82) is 0 Å². The lowest BCUT2D eigenvalue weighted by atomic mass is 10.0. The Labute approximate surface area is 110 Å². The molecule has 6 heteroatoms. The second-order valence-electron chi connectivity index (χ2n) is 4.20. The molecule has 0 spiro atoms. The summed E-state index contributed by atoms with van der Waals surface area (Å²) in [5.74, 6) is -0.561. The molecule has 19 heavy (non-hydrogen) atoms. The third-order valence-corrected chi connectivity index (χ3v) is 3.00. The van der Waals surface area contributed by atoms with Gasteiger partial charge in [0.05, 0.1) is 11.8 Å². The van der Waals surface area contributed by atoms with Gasteiger partial charge in [-0.1, -0.05) is 12.1 Å². The van der Waals surface area contributed by atoms with Gasteiger partial charge in [-0.3, -0.25) is 9.89 Å². The van der Waals surface area contributed by atoms with Crippen molar-refractivity contribution < 1.29 is 9.18 Å². The zero-order chi connectivity index (χ0) is 13.8. The lowest BCUT2D eigenvalue weighted by Gasteiger charge is -2.10. The molecule has 100 valence electrons. The SMILES string of the molecule is Cc1c(CNC(=O)c2cn[nH]c2)ccc(CN)c1F. The molecule has 0 saturated heterocycles. The molecule has 2 rings (SSSR count). The number of benzene rings is 1. The number of nitrogens with two attached hydrogens (primary N) is 1. The number of nitrogens with one attached hydrogen (secondary N) is 2. The normalized spacial score (nSPS) is 10.5. The number of hydrogen-bond acceptors (Lipinski definition) is 3. The van der Waals surface area contributed by atoms with Gasteiger partial charge < -0.3 is 11.1 Å². The van der Waals surface area contributed by atoms with Crippen molar-refractivity contribution in [3.8, 4) is 0 Å². The molecule has 0 saturated carbocycles. The number of carbonyl (C=O) groups is 1. The maximum Gasteiger partial charge on any atom is 0.254 e. The van der Waals surface area contributed by atoms with E-state index in [-0.39, 0.29) is 24.8 Å². The van der Waals surface area contributed by atoms with Crippen LogP contribution >= 0.6 is 0 Å². The van der Waals surface area contributed by atoms with Gasteiger partial charge in [0.15, 0.2) is 0 Å². The average molecular weight is 262 g/mol. The number of amides is 1. The molecule has 2 aromatic rings. The first kappa shape index (κ1) is 13.2. The Morgan fingerprint density at radius 1 is 1.47 bits per heavy atom. The molecule has 0 aliphatic rings. The van der Waals surface area contributed by atoms with Crippen LogP contribution in [0.1, 0.15) is 27.0 Å². The number of H-pyrrole nitrogens is 1. The summed E-state index contributed by atoms with van der Waals surface area (Å²) in [6, 6.07) is 3.41. The van der Waals surface area contributed by atoms with E-state index >= 15 is 0 Å². The lowest BCUT2D eigenvalue weighted by molar-refractivity contribution is 0.0951. The Balaban J connectivity index is 2.08. The van der Waals surface area contributed by atoms with Gasteiger partial charge in [0.25, 0.3) is 5.91 Å². The molecule has 0 aliphatic heterocycles. The number of nitrogens with zero attached hydrogens (tertiary/aromatic N) is 1. The number of carbonyl (C=O) groups excluding carboxylic acids is 1. The number of aromatic amines is 1. The van der Waals surface area contributed by atoms with E-state index in [0.29, 0.717) is 16.7 Å². The van der Waals surface area contributed by atoms with E-state index < -0.39 is 0 Å². The quantitative estimate of drug-likeness (QED) is 0.775. The monoisotopic (exact) mass is 262 g/mol. The van der Waals surface area contributed by atoms with Crippen LogP contribution in [0, 0.1) is 12.7 Å². The third kappa shape index (κ3) is 2.79. The fourth-order valence-corrected chi connectivity index (χ4v) is 1.78. The molecule has 1 amide bonds. The van der Waals surface area contributed by atoms with Crippen LogP contribution in [-0.2, 0) is 13.1 Å². The summed E-state index contributed by atoms with van der Waals surface area (Å²) in [5, 5.41) is 8.96. The number of rotatable bonds is 4. The van der Waals surface area contributed by atoms with Crippen molar-refractivity contribution in [2.75, 3.05) is 0 Å². The van der Waals surface area contributed by atoms with Crippen molar-refractivity contribution in [2.45, 2.75) is 20.0 Å². The summed E-state index contributed by atoms with van der Waals surface area (Å²) in [5.41, 5.74) is 7.59. The first-order valence-electron chi connectivity index (χ1n) is 5.87. The lowest BCUT2D eigenvalue weighted by Crippen LogP contribution is -2.23. The Morgan fingerprint density at radius 3 is 2.84 bits per heavy atom. The van der Waals surface area contributed by atoms with Gasteiger partial charge in [-0.05, 0) is 18.1 Å². The molecular weight excluding hydrogens is 247 g/mol. The molecule has 1 aromatic heterocycles. The molecule has 1 heterocycles. The molecule has 0 bridgehead atoms. The molecular formula is C13H15FN4O. The molecule has 0 radical (unpaired) electrons. The second kappa shape index (κ2) is 5.62. The van der Waals surface area contributed by atoms with Gasteiger partial charge >= 0.3 is 0 Å². The van der Waals surface area contributed by atoms with Crippen molar-refractivity contribution >= 4 is 5.91 Å². The van der Waals surface area contributed by atoms with Crippen molar-refractivity contribution in [2.24, 2.45) is 5.73 Å². The molecule has 0 fully saturated rings. The van der Waals surface area contributed by atoms with Gasteiger partial charge in [-0.15, -0.1) is 0 Å². The Kier molecular flexibility index (Phi) is 3.91. The minimum atomic E-state index is -0.308. The molecule has 0 aliphatic carbocycles. The summed E-state index contributed by atoms with van der Waals surface area (Å²) in [6.45, 7) is 2.10. The van der Waals surface area contributed by atoms with Gasteiger partial charge in [-0.25, -0.2) is 4.39 Å². The van der Waals surface area contributed by atoms with Crippen LogP contribution in [0.2, 0.25) is 0 Å². The topological polar surface area (TPSA) is 83.8 Å². The average Bonchev–Trinajstić information content (AvgIpc) is 2.94. The number of aromatic nitrogens is 2. The van der Waals surface area contributed by atoms with E-state index in [1.165, 1.54) is 12.4 Å². The predicted octanol–water partition coefficient (Wildman–Crippen LogP) is 1.25. The van der Waals surface area contributed by atoms with Crippen LogP contribution in [-0.4, -0.2) is 16.1 Å². The molecule has 1 aromatic carbocycles. The van der Waals surface area contributed by atoms with Crippen molar-refractivity contribution in [3.05, 3.63) is 52.6 Å². The van der Waals surface area contributed by atoms with E-state index in [2.05, 4.69) is 15.5 Å². The molecule has 5 nitrogen and oxygen atoms in total.